The van der Waals surface area contributed by atoms with Gasteiger partial charge in [0.2, 0.25) is 0 Å². The predicted molar refractivity (Wildman–Crippen MR) is 79.9 cm³/mol. The number of benzene rings is 1. The number of rotatable bonds is 7. The van der Waals surface area contributed by atoms with Crippen molar-refractivity contribution in [3.63, 3.8) is 0 Å². The highest BCUT2D eigenvalue weighted by atomic mass is 32.2. The molecule has 0 aliphatic carbocycles. The van der Waals surface area contributed by atoms with Crippen molar-refractivity contribution in [3.8, 4) is 5.75 Å². The van der Waals surface area contributed by atoms with E-state index >= 15 is 0 Å². The highest BCUT2D eigenvalue weighted by Crippen LogP contribution is 2.24. The van der Waals surface area contributed by atoms with Crippen LogP contribution in [-0.4, -0.2) is 17.1 Å². The van der Waals surface area contributed by atoms with Crippen molar-refractivity contribution in [2.75, 3.05) is 5.75 Å². The normalized spacial score (nSPS) is 13.1. The average molecular weight is 268 g/mol. The van der Waals surface area contributed by atoms with E-state index in [-0.39, 0.29) is 12.1 Å². The number of hydrogen-bond donors (Lipinski definition) is 2. The highest BCUT2D eigenvalue weighted by Gasteiger charge is 2.11. The fraction of sp³-hybridized carbons (Fsp3) is 0.571. The third-order valence-corrected chi connectivity index (χ3v) is 3.62. The summed E-state index contributed by atoms with van der Waals surface area (Å²) in [4.78, 5) is 0. The van der Waals surface area contributed by atoms with Gasteiger partial charge in [-0.1, -0.05) is 26.0 Å². The Labute approximate surface area is 114 Å². The molecule has 102 valence electrons. The molecule has 0 amide bonds. The topological polar surface area (TPSA) is 47.3 Å². The Hall–Kier alpha value is -0.710. The van der Waals surface area contributed by atoms with Gasteiger partial charge < -0.3 is 4.74 Å². The van der Waals surface area contributed by atoms with Gasteiger partial charge in [-0.05, 0) is 36.8 Å². The minimum absolute atomic E-state index is 0.160. The van der Waals surface area contributed by atoms with E-state index in [4.69, 9.17) is 10.6 Å². The van der Waals surface area contributed by atoms with Crippen molar-refractivity contribution in [2.24, 2.45) is 5.84 Å². The van der Waals surface area contributed by atoms with Crippen LogP contribution in [0.15, 0.2) is 24.3 Å². The monoisotopic (exact) mass is 268 g/mol. The second kappa shape index (κ2) is 7.67. The molecular weight excluding hydrogens is 244 g/mol. The first kappa shape index (κ1) is 15.3. The highest BCUT2D eigenvalue weighted by molar-refractivity contribution is 7.99. The van der Waals surface area contributed by atoms with Gasteiger partial charge in [0.05, 0.1) is 12.1 Å². The summed E-state index contributed by atoms with van der Waals surface area (Å²) in [5.74, 6) is 7.50. The third kappa shape index (κ3) is 5.29. The molecule has 0 aliphatic rings. The SMILES string of the molecule is CC(C)Oc1cccc(C(CSC(C)C)NN)c1. The van der Waals surface area contributed by atoms with Crippen LogP contribution in [0.2, 0.25) is 0 Å². The second-order valence-corrected chi connectivity index (χ2v) is 6.45. The number of thioether (sulfide) groups is 1. The van der Waals surface area contributed by atoms with Gasteiger partial charge in [-0.25, -0.2) is 0 Å². The largest absolute Gasteiger partial charge is 0.491 e. The number of nitrogens with one attached hydrogen (secondary N) is 1. The van der Waals surface area contributed by atoms with E-state index < -0.39 is 0 Å². The van der Waals surface area contributed by atoms with Crippen molar-refractivity contribution in [1.29, 1.82) is 0 Å². The first-order chi connectivity index (χ1) is 8.52. The zero-order valence-electron chi connectivity index (χ0n) is 11.6. The molecule has 0 heterocycles. The quantitative estimate of drug-likeness (QED) is 0.589. The Morgan fingerprint density at radius 1 is 1.28 bits per heavy atom. The van der Waals surface area contributed by atoms with Crippen molar-refractivity contribution in [2.45, 2.75) is 45.1 Å². The second-order valence-electron chi connectivity index (χ2n) is 4.84. The van der Waals surface area contributed by atoms with Crippen LogP contribution in [0.1, 0.15) is 39.3 Å². The average Bonchev–Trinajstić information content (AvgIpc) is 2.29. The lowest BCUT2D eigenvalue weighted by molar-refractivity contribution is 0.242. The van der Waals surface area contributed by atoms with Crippen molar-refractivity contribution in [1.82, 2.24) is 5.43 Å². The van der Waals surface area contributed by atoms with Gasteiger partial charge in [0, 0.05) is 5.75 Å². The van der Waals surface area contributed by atoms with Gasteiger partial charge in [0.25, 0.3) is 0 Å². The number of nitrogens with two attached hydrogens (primary N) is 1. The van der Waals surface area contributed by atoms with E-state index in [1.165, 1.54) is 5.56 Å². The van der Waals surface area contributed by atoms with E-state index in [1.807, 2.05) is 37.7 Å². The zero-order chi connectivity index (χ0) is 13.5. The van der Waals surface area contributed by atoms with Crippen LogP contribution in [0.25, 0.3) is 0 Å². The van der Waals surface area contributed by atoms with E-state index in [2.05, 4.69) is 31.4 Å². The van der Waals surface area contributed by atoms with Gasteiger partial charge in [0.1, 0.15) is 5.75 Å². The van der Waals surface area contributed by atoms with E-state index in [9.17, 15) is 0 Å². The summed E-state index contributed by atoms with van der Waals surface area (Å²) in [5.41, 5.74) is 4.05. The molecule has 0 aromatic heterocycles. The maximum Gasteiger partial charge on any atom is 0.120 e. The fourth-order valence-electron chi connectivity index (χ4n) is 1.61. The summed E-state index contributed by atoms with van der Waals surface area (Å²) >= 11 is 1.90. The summed E-state index contributed by atoms with van der Waals surface area (Å²) in [7, 11) is 0. The predicted octanol–water partition coefficient (Wildman–Crippen LogP) is 3.12. The Morgan fingerprint density at radius 2 is 2.00 bits per heavy atom. The maximum absolute atomic E-state index is 5.70. The van der Waals surface area contributed by atoms with Crippen LogP contribution < -0.4 is 16.0 Å². The Balaban J connectivity index is 2.72. The molecule has 1 unspecified atom stereocenters. The summed E-state index contributed by atoms with van der Waals surface area (Å²) < 4.78 is 5.70. The molecular formula is C14H24N2OS. The molecule has 0 fully saturated rings. The molecule has 0 saturated heterocycles. The number of hydrogen-bond acceptors (Lipinski definition) is 4. The molecule has 3 N–H and O–H groups in total. The lowest BCUT2D eigenvalue weighted by Gasteiger charge is -2.18. The molecule has 0 radical (unpaired) electrons. The summed E-state index contributed by atoms with van der Waals surface area (Å²) in [6.45, 7) is 8.44. The lowest BCUT2D eigenvalue weighted by atomic mass is 10.1. The summed E-state index contributed by atoms with van der Waals surface area (Å²) in [6.07, 6.45) is 0.189. The van der Waals surface area contributed by atoms with Crippen LogP contribution in [-0.2, 0) is 0 Å². The third-order valence-electron chi connectivity index (χ3n) is 2.43. The van der Waals surface area contributed by atoms with Crippen molar-refractivity contribution < 1.29 is 4.74 Å². The molecule has 0 saturated carbocycles. The summed E-state index contributed by atoms with van der Waals surface area (Å²) in [6, 6.07) is 8.29. The van der Waals surface area contributed by atoms with Crippen LogP contribution in [0, 0.1) is 0 Å². The minimum atomic E-state index is 0.160. The molecule has 18 heavy (non-hydrogen) atoms. The lowest BCUT2D eigenvalue weighted by Crippen LogP contribution is -2.30. The van der Waals surface area contributed by atoms with Crippen molar-refractivity contribution in [3.05, 3.63) is 29.8 Å². The molecule has 4 heteroatoms. The first-order valence-corrected chi connectivity index (χ1v) is 7.42. The van der Waals surface area contributed by atoms with Gasteiger partial charge in [0.15, 0.2) is 0 Å². The molecule has 0 spiro atoms. The number of ether oxygens (including phenoxy) is 1. The Morgan fingerprint density at radius 3 is 2.56 bits per heavy atom. The van der Waals surface area contributed by atoms with Gasteiger partial charge >= 0.3 is 0 Å². The van der Waals surface area contributed by atoms with Crippen molar-refractivity contribution >= 4 is 11.8 Å². The van der Waals surface area contributed by atoms with Crippen LogP contribution in [0.3, 0.4) is 0 Å². The maximum atomic E-state index is 5.70. The van der Waals surface area contributed by atoms with Crippen LogP contribution >= 0.6 is 11.8 Å². The Bertz CT molecular complexity index is 355. The Kier molecular flexibility index (Phi) is 6.54. The molecule has 1 rings (SSSR count). The van der Waals surface area contributed by atoms with Crippen LogP contribution in [0.4, 0.5) is 0 Å². The van der Waals surface area contributed by atoms with Gasteiger partial charge in [-0.2, -0.15) is 11.8 Å². The van der Waals surface area contributed by atoms with E-state index in [0.717, 1.165) is 11.5 Å². The van der Waals surface area contributed by atoms with E-state index in [0.29, 0.717) is 5.25 Å². The minimum Gasteiger partial charge on any atom is -0.491 e. The molecule has 0 aliphatic heterocycles. The van der Waals surface area contributed by atoms with Gasteiger partial charge in [-0.15, -0.1) is 0 Å². The number of hydrazine groups is 1. The fourth-order valence-corrected chi connectivity index (χ4v) is 2.47. The van der Waals surface area contributed by atoms with E-state index in [1.54, 1.807) is 0 Å². The molecule has 0 bridgehead atoms. The molecule has 1 aromatic rings. The molecule has 1 aromatic carbocycles. The molecule has 3 nitrogen and oxygen atoms in total. The summed E-state index contributed by atoms with van der Waals surface area (Å²) in [5, 5.41) is 0.607. The smallest absolute Gasteiger partial charge is 0.120 e. The zero-order valence-corrected chi connectivity index (χ0v) is 12.5. The first-order valence-electron chi connectivity index (χ1n) is 6.37. The van der Waals surface area contributed by atoms with Gasteiger partial charge in [-0.3, -0.25) is 11.3 Å². The van der Waals surface area contributed by atoms with Crippen LogP contribution in [0.5, 0.6) is 5.75 Å². The standard InChI is InChI=1S/C14H24N2OS/c1-10(2)17-13-7-5-6-12(8-13)14(16-15)9-18-11(3)4/h5-8,10-11,14,16H,9,15H2,1-4H3. The molecule has 1 atom stereocenters.